The molecular weight excluding hydrogens is 1610 g/mol. The molecule has 1 unspecified atom stereocenters. The van der Waals surface area contributed by atoms with Gasteiger partial charge in [0, 0.05) is 113 Å². The van der Waals surface area contributed by atoms with Crippen LogP contribution in [0.4, 0.5) is 79.3 Å². The van der Waals surface area contributed by atoms with Gasteiger partial charge >= 0.3 is 24.0 Å². The number of amides is 1. The van der Waals surface area contributed by atoms with Gasteiger partial charge in [0.2, 0.25) is 0 Å². The number of methoxy groups -OCH3 is 2. The molecule has 4 aromatic heterocycles. The van der Waals surface area contributed by atoms with Crippen LogP contribution in [0.1, 0.15) is 128 Å². The van der Waals surface area contributed by atoms with E-state index in [0.717, 1.165) is 191 Å². The van der Waals surface area contributed by atoms with E-state index in [1.165, 1.54) is 14.2 Å². The highest BCUT2D eigenvalue weighted by atomic mass is 16.6. The lowest BCUT2D eigenvalue weighted by Crippen LogP contribution is -2.55. The summed E-state index contributed by atoms with van der Waals surface area (Å²) in [5, 5.41) is 17.6. The van der Waals surface area contributed by atoms with Crippen molar-refractivity contribution < 1.29 is 57.4 Å². The Kier molecular flexibility index (Phi) is 24.1. The molecule has 37 heteroatoms. The number of carbonyl (C=O) groups is 4. The van der Waals surface area contributed by atoms with Crippen LogP contribution in [0.2, 0.25) is 0 Å². The van der Waals surface area contributed by atoms with E-state index in [0.29, 0.717) is 105 Å². The second kappa shape index (κ2) is 35.3. The lowest BCUT2D eigenvalue weighted by Gasteiger charge is -2.42. The van der Waals surface area contributed by atoms with E-state index in [-0.39, 0.29) is 90.5 Å². The maximum Gasteiger partial charge on any atom is 0.407 e. The van der Waals surface area contributed by atoms with Gasteiger partial charge in [0.25, 0.3) is 0 Å². The number of fused-ring (bicyclic) bond motifs is 6. The number of aliphatic imine (C=N–C) groups is 2. The first kappa shape index (κ1) is 86.0. The van der Waals surface area contributed by atoms with E-state index in [2.05, 4.69) is 63.1 Å². The SMILES string of the molecule is [C-]#[N+]c1ccc2c(c1)N(CC(=O)O)CCN2C1=NCc2nc(N3CCC4(CC3)CO[C@@H](C)[C@H]4N)cnc21.[C-]#[N+]c1ccc2c(c1)N(CC(=O)OC)CCN2C1=NCc2nc(N3CCC4(CC3)CO[C@@H](C)[C@H]4N)cnc21.[C-]#[N+]c1ccc2c(c1)N(CC(=O)OC)CCN2c1nn(C2CCCCO2)c2nc(N3CCC4(CC3)CO[C@@H](C)[C@H]4NC(=O)OC(C)(C)C)cnc12. The Morgan fingerprint density at radius 1 is 0.540 bits per heavy atom. The van der Waals surface area contributed by atoms with Gasteiger partial charge in [-0.15, -0.1) is 5.10 Å². The highest BCUT2D eigenvalue weighted by Gasteiger charge is 2.53. The zero-order valence-electron chi connectivity index (χ0n) is 72.6. The Balaban J connectivity index is 0.000000136. The zero-order valence-corrected chi connectivity index (χ0v) is 72.6. The van der Waals surface area contributed by atoms with E-state index in [1.807, 2.05) is 85.0 Å². The molecule has 6 N–H and O–H groups in total. The molecule has 1 amide bonds. The highest BCUT2D eigenvalue weighted by Crippen LogP contribution is 2.49. The van der Waals surface area contributed by atoms with Crippen LogP contribution in [0.3, 0.4) is 0 Å². The van der Waals surface area contributed by atoms with Crippen LogP contribution in [0.25, 0.3) is 25.7 Å². The van der Waals surface area contributed by atoms with Crippen molar-refractivity contribution >= 4 is 121 Å². The van der Waals surface area contributed by atoms with Gasteiger partial charge in [-0.2, -0.15) is 0 Å². The Morgan fingerprint density at radius 2 is 0.968 bits per heavy atom. The minimum atomic E-state index is -0.907. The van der Waals surface area contributed by atoms with Gasteiger partial charge in [0.15, 0.2) is 51.9 Å². The predicted molar refractivity (Wildman–Crippen MR) is 474 cm³/mol. The van der Waals surface area contributed by atoms with Gasteiger partial charge in [0.1, 0.15) is 54.1 Å². The molecule has 0 aliphatic carbocycles. The number of nitrogens with two attached hydrogens (primary N) is 2. The third-order valence-electron chi connectivity index (χ3n) is 27.2. The second-order valence-corrected chi connectivity index (χ2v) is 35.7. The third kappa shape index (κ3) is 16.8. The maximum absolute atomic E-state index is 12.8. The Labute approximate surface area is 731 Å². The highest BCUT2D eigenvalue weighted by molar-refractivity contribution is 6.14. The summed E-state index contributed by atoms with van der Waals surface area (Å²) in [4.78, 5) is 117. The fourth-order valence-electron chi connectivity index (χ4n) is 19.9. The quantitative estimate of drug-likeness (QED) is 0.0502. The molecule has 126 heavy (non-hydrogen) atoms. The number of carboxylic acid groups (broad SMARTS) is 1. The fourth-order valence-corrected chi connectivity index (χ4v) is 19.9. The van der Waals surface area contributed by atoms with Crippen LogP contribution in [-0.4, -0.2) is 261 Å². The molecule has 0 bridgehead atoms. The molecule has 12 aliphatic rings. The van der Waals surface area contributed by atoms with Crippen LogP contribution < -0.4 is 60.9 Å². The van der Waals surface area contributed by atoms with E-state index in [1.54, 1.807) is 35.2 Å². The summed E-state index contributed by atoms with van der Waals surface area (Å²) in [7, 11) is 2.76. The summed E-state index contributed by atoms with van der Waals surface area (Å²) >= 11 is 0. The third-order valence-corrected chi connectivity index (χ3v) is 27.2. The fraction of sp³-hybridized carbons (Fsp3) is 0.551. The monoisotopic (exact) mass is 1720 g/mol. The number of hydrogen-bond donors (Lipinski definition) is 4. The van der Waals surface area contributed by atoms with Crippen LogP contribution in [0.15, 0.2) is 83.2 Å². The number of piperidine rings is 3. The number of rotatable bonds is 12. The summed E-state index contributed by atoms with van der Waals surface area (Å²) in [5.74, 6) is 3.08. The zero-order chi connectivity index (χ0) is 88.1. The first-order valence-corrected chi connectivity index (χ1v) is 43.6. The molecule has 7 aromatic rings. The van der Waals surface area contributed by atoms with Gasteiger partial charge in [0.05, 0.1) is 155 Å². The number of aliphatic carboxylic acids is 1. The number of nitrogens with one attached hydrogen (secondary N) is 1. The molecule has 19 rings (SSSR count). The average Bonchev–Trinajstić information content (AvgIpc) is 1.57. The van der Waals surface area contributed by atoms with Crippen molar-refractivity contribution in [3.63, 3.8) is 0 Å². The van der Waals surface area contributed by atoms with Crippen LogP contribution in [-0.2, 0) is 60.6 Å². The van der Waals surface area contributed by atoms with Crippen molar-refractivity contribution in [2.24, 2.45) is 37.7 Å². The smallest absolute Gasteiger partial charge is 0.407 e. The number of amidine groups is 2. The van der Waals surface area contributed by atoms with Gasteiger partial charge in [-0.3, -0.25) is 24.4 Å². The molecule has 662 valence electrons. The van der Waals surface area contributed by atoms with Crippen molar-refractivity contribution in [2.45, 2.75) is 161 Å². The number of hydrogen-bond acceptors (Lipinski definition) is 31. The minimum absolute atomic E-state index is 0.0552. The van der Waals surface area contributed by atoms with Crippen LogP contribution in [0, 0.1) is 36.0 Å². The summed E-state index contributed by atoms with van der Waals surface area (Å²) in [6.07, 6.45) is 13.3. The lowest BCUT2D eigenvalue weighted by molar-refractivity contribution is -0.139. The van der Waals surface area contributed by atoms with Crippen molar-refractivity contribution in [3.8, 4) is 0 Å². The number of benzene rings is 3. The minimum Gasteiger partial charge on any atom is -0.480 e. The van der Waals surface area contributed by atoms with Gasteiger partial charge < -0.3 is 99.1 Å². The van der Waals surface area contributed by atoms with Crippen LogP contribution >= 0.6 is 0 Å². The number of ether oxygens (including phenoxy) is 7. The normalized spacial score (nSPS) is 23.6. The molecule has 7 saturated heterocycles. The topological polar surface area (TPSA) is 379 Å². The number of carbonyl (C=O) groups excluding carboxylic acids is 3. The van der Waals surface area contributed by atoms with Crippen molar-refractivity contribution in [3.05, 3.63) is 130 Å². The van der Waals surface area contributed by atoms with E-state index in [9.17, 15) is 24.3 Å². The van der Waals surface area contributed by atoms with Gasteiger partial charge in [-0.05, 0) is 136 Å². The summed E-state index contributed by atoms with van der Waals surface area (Å²) in [5.41, 5.74) is 23.1. The number of alkyl carbamates (subject to hydrolysis) is 1. The Hall–Kier alpha value is -12.2. The molecular formula is C89H109N25O12. The molecule has 37 nitrogen and oxygen atoms in total. The van der Waals surface area contributed by atoms with Crippen molar-refractivity contribution in [1.29, 1.82) is 0 Å². The summed E-state index contributed by atoms with van der Waals surface area (Å²) in [6.45, 7) is 46.1. The summed E-state index contributed by atoms with van der Waals surface area (Å²) in [6, 6.07) is 16.3. The number of carboxylic acids is 1. The lowest BCUT2D eigenvalue weighted by atomic mass is 9.73. The van der Waals surface area contributed by atoms with E-state index < -0.39 is 17.7 Å². The second-order valence-electron chi connectivity index (χ2n) is 35.7. The molecule has 3 spiro atoms. The molecule has 12 aliphatic heterocycles. The van der Waals surface area contributed by atoms with Gasteiger partial charge in [-0.1, -0.05) is 18.2 Å². The van der Waals surface area contributed by atoms with Crippen molar-refractivity contribution in [1.82, 2.24) is 45.0 Å². The van der Waals surface area contributed by atoms with Crippen LogP contribution in [0.5, 0.6) is 0 Å². The largest absolute Gasteiger partial charge is 0.480 e. The average molecular weight is 1720 g/mol. The molecule has 0 saturated carbocycles. The first-order valence-electron chi connectivity index (χ1n) is 43.6. The number of nitrogens with zero attached hydrogens (tertiary/aromatic N) is 22. The number of esters is 2. The predicted octanol–water partition coefficient (Wildman–Crippen LogP) is 9.26. The van der Waals surface area contributed by atoms with E-state index >= 15 is 0 Å². The van der Waals surface area contributed by atoms with Crippen molar-refractivity contribution in [2.75, 3.05) is 183 Å². The standard InChI is InChI=1S/C36H47N9O6.C27H32N8O3.C26H30N8O3/c1-23-31(40-34(47)51-35(2,3)4)36(22-50-23)12-14-42(15-13-36)27-20-38-30-32(39-27)45(28-9-7-8-18-49-28)41-33(30)44-17-16-43(21-29(46)48-6)26-19-24(37-5)10-11-25(26)44;1-17-25(28)27(16-38-17)6-8-33(9-7-27)22-14-30-24-19(32-22)13-31-26(24)35-11-10-34(15-23(36)37-3)21-12-18(29-2)4-5-20(21)35;1-16-24(27)26(15-37-16)5-7-32(8-6-26)21-13-29-23-18(31-21)12-30-25(23)34-10-9-33(14-22(35)36)20-11-17(28-2)3-4-19(20)34/h10-11,19-20,23,28,31H,7-9,12-18,21-22H2,1-4,6H3,(H,40,47);4-5,12,14,17,25H,6-11,13,15-16,28H2,1,3H3;3-4,11,13,16,24H,5-10,12,14-15,27H2,1H3,(H,35,36)/t23-,28?,31+;17-,25+;16-,24+/m000/s1. The molecule has 7 atom stereocenters. The van der Waals surface area contributed by atoms with Gasteiger partial charge in [-0.25, -0.2) is 53.9 Å². The maximum atomic E-state index is 12.8. The summed E-state index contributed by atoms with van der Waals surface area (Å²) < 4.78 is 41.4. The molecule has 7 fully saturated rings. The Bertz CT molecular complexity index is 5510. The molecule has 0 radical (unpaired) electrons. The Morgan fingerprint density at radius 3 is 1.40 bits per heavy atom. The van der Waals surface area contributed by atoms with E-state index in [4.69, 9.17) is 109 Å². The number of aromatic nitrogens is 8. The molecule has 3 aromatic carbocycles. The first-order chi connectivity index (χ1) is 60.8. The number of anilines is 10. The molecule has 16 heterocycles.